The second kappa shape index (κ2) is 6.49. The highest BCUT2D eigenvalue weighted by Crippen LogP contribution is 2.26. The number of thiazole rings is 1. The van der Waals surface area contributed by atoms with Crippen molar-refractivity contribution < 1.29 is 18.7 Å². The lowest BCUT2D eigenvalue weighted by Gasteiger charge is -1.97. The highest BCUT2D eigenvalue weighted by atomic mass is 32.1. The molecule has 0 aliphatic rings. The Bertz CT molecular complexity index is 1080. The number of para-hydroxylation sites is 1. The molecule has 0 unspecified atom stereocenters. The third-order valence-electron chi connectivity index (χ3n) is 3.76. The molecule has 0 radical (unpaired) electrons. The van der Waals surface area contributed by atoms with E-state index in [-0.39, 0.29) is 11.7 Å². The number of aromatic amines is 1. The number of furan rings is 1. The van der Waals surface area contributed by atoms with E-state index < -0.39 is 5.97 Å². The maximum absolute atomic E-state index is 12.4. The Labute approximate surface area is 151 Å². The number of nitrogens with one attached hydrogen (secondary N) is 2. The van der Waals surface area contributed by atoms with Gasteiger partial charge in [-0.25, -0.2) is 9.78 Å². The third-order valence-corrected chi connectivity index (χ3v) is 4.52. The Kier molecular flexibility index (Phi) is 4.02. The summed E-state index contributed by atoms with van der Waals surface area (Å²) in [6.45, 7) is 0. The topological polar surface area (TPSA) is 97.2 Å². The zero-order valence-corrected chi connectivity index (χ0v) is 14.4. The monoisotopic (exact) mass is 367 g/mol. The van der Waals surface area contributed by atoms with E-state index in [1.54, 1.807) is 29.8 Å². The van der Waals surface area contributed by atoms with Crippen molar-refractivity contribution in [2.24, 2.45) is 0 Å². The number of aromatic nitrogens is 2. The molecule has 4 aromatic rings. The summed E-state index contributed by atoms with van der Waals surface area (Å²) in [5, 5.41) is 5.81. The molecular formula is C18H13N3O4S. The number of methoxy groups -OCH3 is 1. The van der Waals surface area contributed by atoms with E-state index in [4.69, 9.17) is 4.42 Å². The molecule has 1 aromatic carbocycles. The SMILES string of the molecule is COC(=O)c1cc(-c2csc(NC(=O)c3cc4ccccc4o3)n2)c[nH]1. The van der Waals surface area contributed by atoms with Crippen molar-refractivity contribution >= 4 is 39.3 Å². The van der Waals surface area contributed by atoms with Crippen LogP contribution in [0.15, 0.2) is 52.4 Å². The van der Waals surface area contributed by atoms with E-state index in [0.29, 0.717) is 22.1 Å². The Morgan fingerprint density at radius 1 is 1.27 bits per heavy atom. The maximum atomic E-state index is 12.4. The van der Waals surface area contributed by atoms with Gasteiger partial charge in [-0.3, -0.25) is 10.1 Å². The Morgan fingerprint density at radius 3 is 2.92 bits per heavy atom. The minimum absolute atomic E-state index is 0.220. The molecule has 0 saturated heterocycles. The van der Waals surface area contributed by atoms with Crippen LogP contribution in [-0.2, 0) is 4.74 Å². The molecule has 0 saturated carbocycles. The highest BCUT2D eigenvalue weighted by Gasteiger charge is 2.16. The fraction of sp³-hybridized carbons (Fsp3) is 0.0556. The van der Waals surface area contributed by atoms with Gasteiger partial charge in [-0.05, 0) is 18.2 Å². The zero-order chi connectivity index (χ0) is 18.1. The van der Waals surface area contributed by atoms with Gasteiger partial charge >= 0.3 is 5.97 Å². The number of carbonyl (C=O) groups excluding carboxylic acids is 2. The highest BCUT2D eigenvalue weighted by molar-refractivity contribution is 7.14. The molecule has 0 bridgehead atoms. The molecule has 8 heteroatoms. The summed E-state index contributed by atoms with van der Waals surface area (Å²) < 4.78 is 10.2. The molecule has 1 amide bonds. The second-order valence-electron chi connectivity index (χ2n) is 5.43. The zero-order valence-electron chi connectivity index (χ0n) is 13.6. The van der Waals surface area contributed by atoms with Crippen molar-refractivity contribution in [3.8, 4) is 11.3 Å². The first kappa shape index (κ1) is 16.1. The minimum atomic E-state index is -0.454. The van der Waals surface area contributed by atoms with E-state index in [9.17, 15) is 9.59 Å². The van der Waals surface area contributed by atoms with Crippen LogP contribution in [0, 0.1) is 0 Å². The molecule has 26 heavy (non-hydrogen) atoms. The average Bonchev–Trinajstić information content (AvgIpc) is 3.38. The van der Waals surface area contributed by atoms with Crippen LogP contribution < -0.4 is 5.32 Å². The van der Waals surface area contributed by atoms with Crippen molar-refractivity contribution in [2.45, 2.75) is 0 Å². The number of hydrogen-bond donors (Lipinski definition) is 2. The van der Waals surface area contributed by atoms with Gasteiger partial charge in [-0.1, -0.05) is 18.2 Å². The summed E-state index contributed by atoms with van der Waals surface area (Å²) in [5.74, 6) is -0.603. The number of nitrogens with zero attached hydrogens (tertiary/aromatic N) is 1. The molecule has 4 rings (SSSR count). The number of anilines is 1. The first-order valence-corrected chi connectivity index (χ1v) is 8.54. The summed E-state index contributed by atoms with van der Waals surface area (Å²) in [6.07, 6.45) is 1.66. The quantitative estimate of drug-likeness (QED) is 0.533. The number of ether oxygens (including phenoxy) is 1. The smallest absolute Gasteiger partial charge is 0.354 e. The van der Waals surface area contributed by atoms with Crippen LogP contribution in [-0.4, -0.2) is 29.0 Å². The predicted octanol–water partition coefficient (Wildman–Crippen LogP) is 3.92. The van der Waals surface area contributed by atoms with Crippen molar-refractivity contribution in [1.29, 1.82) is 0 Å². The lowest BCUT2D eigenvalue weighted by molar-refractivity contribution is 0.0594. The molecule has 0 fully saturated rings. The van der Waals surface area contributed by atoms with Gasteiger partial charge in [-0.15, -0.1) is 11.3 Å². The normalized spacial score (nSPS) is 10.8. The fourth-order valence-electron chi connectivity index (χ4n) is 2.49. The number of rotatable bonds is 4. The molecule has 3 heterocycles. The number of fused-ring (bicyclic) bond motifs is 1. The van der Waals surface area contributed by atoms with Crippen LogP contribution in [0.4, 0.5) is 5.13 Å². The molecule has 0 aliphatic heterocycles. The summed E-state index contributed by atoms with van der Waals surface area (Å²) in [5.41, 5.74) is 2.36. The molecule has 130 valence electrons. The van der Waals surface area contributed by atoms with Crippen LogP contribution in [0.2, 0.25) is 0 Å². The second-order valence-corrected chi connectivity index (χ2v) is 6.29. The number of H-pyrrole nitrogens is 1. The van der Waals surface area contributed by atoms with E-state index in [1.807, 2.05) is 18.2 Å². The van der Waals surface area contributed by atoms with Crippen molar-refractivity contribution in [2.75, 3.05) is 12.4 Å². The predicted molar refractivity (Wildman–Crippen MR) is 97.4 cm³/mol. The summed E-state index contributed by atoms with van der Waals surface area (Å²) in [6, 6.07) is 10.7. The largest absolute Gasteiger partial charge is 0.464 e. The van der Waals surface area contributed by atoms with Crippen LogP contribution in [0.5, 0.6) is 0 Å². The third kappa shape index (κ3) is 2.98. The lowest BCUT2D eigenvalue weighted by Crippen LogP contribution is -2.10. The summed E-state index contributed by atoms with van der Waals surface area (Å²) >= 11 is 1.28. The Hall–Kier alpha value is -3.39. The molecule has 7 nitrogen and oxygen atoms in total. The van der Waals surface area contributed by atoms with Gasteiger partial charge in [-0.2, -0.15) is 0 Å². The van der Waals surface area contributed by atoms with Gasteiger partial charge in [0.2, 0.25) is 0 Å². The molecule has 2 N–H and O–H groups in total. The number of benzene rings is 1. The minimum Gasteiger partial charge on any atom is -0.464 e. The van der Waals surface area contributed by atoms with Crippen LogP contribution in [0.3, 0.4) is 0 Å². The van der Waals surface area contributed by atoms with E-state index in [2.05, 4.69) is 20.0 Å². The van der Waals surface area contributed by atoms with Crippen molar-refractivity contribution in [3.05, 3.63) is 59.4 Å². The molecule has 3 aromatic heterocycles. The van der Waals surface area contributed by atoms with E-state index in [1.165, 1.54) is 18.4 Å². The van der Waals surface area contributed by atoms with Crippen LogP contribution in [0.25, 0.3) is 22.2 Å². The summed E-state index contributed by atoms with van der Waals surface area (Å²) in [4.78, 5) is 31.1. The fourth-order valence-corrected chi connectivity index (χ4v) is 3.20. The van der Waals surface area contributed by atoms with E-state index in [0.717, 1.165) is 10.9 Å². The molecule has 0 spiro atoms. The molecular weight excluding hydrogens is 354 g/mol. The van der Waals surface area contributed by atoms with Gasteiger partial charge in [0.15, 0.2) is 10.9 Å². The Morgan fingerprint density at radius 2 is 2.12 bits per heavy atom. The molecule has 0 atom stereocenters. The standard InChI is InChI=1S/C18H13N3O4S/c1-24-17(23)12-6-11(8-19-12)13-9-26-18(20-13)21-16(22)15-7-10-4-2-3-5-14(10)25-15/h2-9,19H,1H3,(H,20,21,22). The van der Waals surface area contributed by atoms with Crippen molar-refractivity contribution in [3.63, 3.8) is 0 Å². The number of carbonyl (C=O) groups is 2. The number of esters is 1. The summed E-state index contributed by atoms with van der Waals surface area (Å²) in [7, 11) is 1.32. The number of amides is 1. The van der Waals surface area contributed by atoms with E-state index >= 15 is 0 Å². The van der Waals surface area contributed by atoms with Crippen molar-refractivity contribution in [1.82, 2.24) is 9.97 Å². The van der Waals surface area contributed by atoms with Gasteiger partial charge in [0.25, 0.3) is 5.91 Å². The van der Waals surface area contributed by atoms with Gasteiger partial charge in [0, 0.05) is 22.5 Å². The average molecular weight is 367 g/mol. The first-order chi connectivity index (χ1) is 12.6. The van der Waals surface area contributed by atoms with Gasteiger partial charge < -0.3 is 14.1 Å². The number of hydrogen-bond acceptors (Lipinski definition) is 6. The van der Waals surface area contributed by atoms with Crippen LogP contribution in [0.1, 0.15) is 21.0 Å². The molecule has 0 aliphatic carbocycles. The lowest BCUT2D eigenvalue weighted by atomic mass is 10.2. The van der Waals surface area contributed by atoms with Crippen LogP contribution >= 0.6 is 11.3 Å². The van der Waals surface area contributed by atoms with Gasteiger partial charge in [0.1, 0.15) is 11.3 Å². The first-order valence-electron chi connectivity index (χ1n) is 7.66. The maximum Gasteiger partial charge on any atom is 0.354 e. The van der Waals surface area contributed by atoms with Gasteiger partial charge in [0.05, 0.1) is 12.8 Å². The Balaban J connectivity index is 1.52.